The zero-order valence-corrected chi connectivity index (χ0v) is 18.9. The molecule has 28 heavy (non-hydrogen) atoms. The highest BCUT2D eigenvalue weighted by Gasteiger charge is 2.08. The highest BCUT2D eigenvalue weighted by Crippen LogP contribution is 2.27. The number of hydrogen-bond acceptors (Lipinski definition) is 4. The molecule has 0 atom stereocenters. The van der Waals surface area contributed by atoms with E-state index in [1.54, 1.807) is 21.3 Å². The molecule has 0 bridgehead atoms. The molecule has 0 aliphatic heterocycles. The molecular formula is C20H26IN5O2. The number of para-hydroxylation sites is 2. The van der Waals surface area contributed by atoms with E-state index < -0.39 is 0 Å². The number of nitrogens with zero attached hydrogens (tertiary/aromatic N) is 3. The van der Waals surface area contributed by atoms with Crippen molar-refractivity contribution in [3.05, 3.63) is 53.9 Å². The maximum absolute atomic E-state index is 5.35. The minimum absolute atomic E-state index is 0. The van der Waals surface area contributed by atoms with E-state index in [4.69, 9.17) is 9.47 Å². The van der Waals surface area contributed by atoms with Gasteiger partial charge in [0.25, 0.3) is 0 Å². The Labute approximate surface area is 182 Å². The molecule has 3 aromatic rings. The van der Waals surface area contributed by atoms with Crippen LogP contribution in [0.3, 0.4) is 0 Å². The number of nitrogens with one attached hydrogen (secondary N) is 2. The van der Waals surface area contributed by atoms with Crippen molar-refractivity contribution in [3.8, 4) is 11.5 Å². The number of benzene rings is 2. The molecular weight excluding hydrogens is 469 g/mol. The number of halogens is 1. The number of imidazole rings is 1. The van der Waals surface area contributed by atoms with Gasteiger partial charge in [-0.05, 0) is 29.8 Å². The van der Waals surface area contributed by atoms with E-state index in [1.807, 2.05) is 43.4 Å². The summed E-state index contributed by atoms with van der Waals surface area (Å²) in [6.45, 7) is 1.19. The minimum Gasteiger partial charge on any atom is -0.493 e. The van der Waals surface area contributed by atoms with Gasteiger partial charge in [-0.1, -0.05) is 18.2 Å². The molecule has 0 saturated heterocycles. The molecule has 1 heterocycles. The Morgan fingerprint density at radius 1 is 1.04 bits per heavy atom. The maximum Gasteiger partial charge on any atom is 0.191 e. The van der Waals surface area contributed by atoms with Crippen LogP contribution in [0.2, 0.25) is 0 Å². The average Bonchev–Trinajstić information content (AvgIpc) is 3.03. The molecule has 3 rings (SSSR count). The molecule has 0 amide bonds. The Morgan fingerprint density at radius 2 is 1.75 bits per heavy atom. The van der Waals surface area contributed by atoms with Crippen molar-refractivity contribution in [2.45, 2.75) is 13.1 Å². The molecule has 0 radical (unpaired) electrons. The number of fused-ring (bicyclic) bond motifs is 1. The van der Waals surface area contributed by atoms with Crippen LogP contribution in [-0.4, -0.2) is 36.8 Å². The smallest absolute Gasteiger partial charge is 0.191 e. The molecule has 2 N–H and O–H groups in total. The van der Waals surface area contributed by atoms with Crippen molar-refractivity contribution in [2.24, 2.45) is 12.0 Å². The van der Waals surface area contributed by atoms with Crippen molar-refractivity contribution in [2.75, 3.05) is 21.3 Å². The van der Waals surface area contributed by atoms with E-state index >= 15 is 0 Å². The molecule has 0 aliphatic carbocycles. The molecule has 7 nitrogen and oxygen atoms in total. The Kier molecular flexibility index (Phi) is 7.91. The molecule has 0 fully saturated rings. The van der Waals surface area contributed by atoms with Crippen LogP contribution in [0.15, 0.2) is 47.5 Å². The summed E-state index contributed by atoms with van der Waals surface area (Å²) < 4.78 is 12.7. The summed E-state index contributed by atoms with van der Waals surface area (Å²) in [5.74, 6) is 3.08. The van der Waals surface area contributed by atoms with E-state index in [0.29, 0.717) is 30.5 Å². The summed E-state index contributed by atoms with van der Waals surface area (Å²) in [6.07, 6.45) is 0. The van der Waals surface area contributed by atoms with Gasteiger partial charge in [0, 0.05) is 20.6 Å². The van der Waals surface area contributed by atoms with Gasteiger partial charge in [0.15, 0.2) is 17.5 Å². The Bertz CT molecular complexity index is 955. The summed E-state index contributed by atoms with van der Waals surface area (Å²) in [7, 11) is 7.03. The van der Waals surface area contributed by atoms with E-state index in [0.717, 1.165) is 22.4 Å². The third-order valence-corrected chi connectivity index (χ3v) is 4.43. The molecule has 150 valence electrons. The number of ether oxygens (including phenoxy) is 2. The normalized spacial score (nSPS) is 11.1. The van der Waals surface area contributed by atoms with Crippen molar-refractivity contribution < 1.29 is 9.47 Å². The topological polar surface area (TPSA) is 72.7 Å². The molecule has 0 saturated carbocycles. The van der Waals surface area contributed by atoms with Crippen molar-refractivity contribution >= 4 is 41.0 Å². The van der Waals surface area contributed by atoms with Gasteiger partial charge in [0.05, 0.1) is 31.8 Å². The first-order valence-electron chi connectivity index (χ1n) is 8.72. The van der Waals surface area contributed by atoms with Crippen LogP contribution in [0.1, 0.15) is 11.4 Å². The van der Waals surface area contributed by atoms with E-state index in [1.165, 1.54) is 0 Å². The van der Waals surface area contributed by atoms with E-state index in [-0.39, 0.29) is 24.0 Å². The van der Waals surface area contributed by atoms with Crippen molar-refractivity contribution in [3.63, 3.8) is 0 Å². The first-order valence-corrected chi connectivity index (χ1v) is 8.72. The van der Waals surface area contributed by atoms with Crippen LogP contribution in [0.25, 0.3) is 11.0 Å². The van der Waals surface area contributed by atoms with Crippen molar-refractivity contribution in [1.29, 1.82) is 0 Å². The summed E-state index contributed by atoms with van der Waals surface area (Å²) in [5, 5.41) is 6.61. The zero-order valence-electron chi connectivity index (χ0n) is 16.5. The van der Waals surface area contributed by atoms with E-state index in [2.05, 4.69) is 31.2 Å². The van der Waals surface area contributed by atoms with Crippen LogP contribution in [0.5, 0.6) is 11.5 Å². The second-order valence-electron chi connectivity index (χ2n) is 6.04. The van der Waals surface area contributed by atoms with Gasteiger partial charge in [0.2, 0.25) is 0 Å². The summed E-state index contributed by atoms with van der Waals surface area (Å²) in [5.41, 5.74) is 3.17. The lowest BCUT2D eigenvalue weighted by Crippen LogP contribution is -2.36. The number of aryl methyl sites for hydroxylation is 1. The monoisotopic (exact) mass is 495 g/mol. The van der Waals surface area contributed by atoms with Crippen molar-refractivity contribution in [1.82, 2.24) is 20.2 Å². The molecule has 0 unspecified atom stereocenters. The fourth-order valence-electron chi connectivity index (χ4n) is 2.91. The Hall–Kier alpha value is -2.49. The zero-order chi connectivity index (χ0) is 19.2. The first-order chi connectivity index (χ1) is 13.2. The van der Waals surface area contributed by atoms with Gasteiger partial charge in [-0.3, -0.25) is 4.99 Å². The predicted octanol–water partition coefficient (Wildman–Crippen LogP) is 3.07. The van der Waals surface area contributed by atoms with Crippen LogP contribution in [0, 0.1) is 0 Å². The summed E-state index contributed by atoms with van der Waals surface area (Å²) in [4.78, 5) is 8.95. The third kappa shape index (κ3) is 4.86. The average molecular weight is 495 g/mol. The number of hydrogen-bond donors (Lipinski definition) is 2. The highest BCUT2D eigenvalue weighted by molar-refractivity contribution is 14.0. The largest absolute Gasteiger partial charge is 0.493 e. The molecule has 0 aliphatic rings. The van der Waals surface area contributed by atoms with E-state index in [9.17, 15) is 0 Å². The number of aliphatic imine (C=N–C) groups is 1. The lowest BCUT2D eigenvalue weighted by atomic mass is 10.2. The number of aromatic nitrogens is 2. The van der Waals surface area contributed by atoms with Gasteiger partial charge in [0.1, 0.15) is 5.82 Å². The minimum atomic E-state index is 0. The lowest BCUT2D eigenvalue weighted by molar-refractivity contribution is 0.354. The number of guanidine groups is 1. The van der Waals surface area contributed by atoms with Crippen LogP contribution < -0.4 is 20.1 Å². The maximum atomic E-state index is 5.35. The summed E-state index contributed by atoms with van der Waals surface area (Å²) in [6, 6.07) is 13.9. The molecule has 0 spiro atoms. The Balaban J connectivity index is 0.00000280. The van der Waals surface area contributed by atoms with Gasteiger partial charge in [-0.2, -0.15) is 0 Å². The molecule has 8 heteroatoms. The van der Waals surface area contributed by atoms with Gasteiger partial charge >= 0.3 is 0 Å². The molecule has 2 aromatic carbocycles. The number of methoxy groups -OCH3 is 2. The van der Waals surface area contributed by atoms with Gasteiger partial charge in [-0.25, -0.2) is 4.98 Å². The quantitative estimate of drug-likeness (QED) is 0.313. The first kappa shape index (κ1) is 21.8. The Morgan fingerprint density at radius 3 is 2.43 bits per heavy atom. The van der Waals surface area contributed by atoms with Crippen LogP contribution >= 0.6 is 24.0 Å². The van der Waals surface area contributed by atoms with Gasteiger partial charge in [-0.15, -0.1) is 24.0 Å². The van der Waals surface area contributed by atoms with Gasteiger partial charge < -0.3 is 24.7 Å². The fourth-order valence-corrected chi connectivity index (χ4v) is 2.91. The lowest BCUT2D eigenvalue weighted by Gasteiger charge is -2.13. The second-order valence-corrected chi connectivity index (χ2v) is 6.04. The SMILES string of the molecule is CN=C(NCc1ccc(OC)c(OC)c1)NCc1nc2ccccc2n1C.I. The van der Waals surface area contributed by atoms with Crippen LogP contribution in [0.4, 0.5) is 0 Å². The predicted molar refractivity (Wildman–Crippen MR) is 123 cm³/mol. The highest BCUT2D eigenvalue weighted by atomic mass is 127. The standard InChI is InChI=1S/C20H25N5O2.HI/c1-21-20(22-12-14-9-10-17(26-3)18(11-14)27-4)23-13-19-24-15-7-5-6-8-16(15)25(19)2;/h5-11H,12-13H2,1-4H3,(H2,21,22,23);1H. The summed E-state index contributed by atoms with van der Waals surface area (Å²) >= 11 is 0. The number of rotatable bonds is 6. The van der Waals surface area contributed by atoms with Crippen LogP contribution in [-0.2, 0) is 20.1 Å². The second kappa shape index (κ2) is 10.2. The molecule has 1 aromatic heterocycles. The third-order valence-electron chi connectivity index (χ3n) is 4.43. The fraction of sp³-hybridized carbons (Fsp3) is 0.300.